The summed E-state index contributed by atoms with van der Waals surface area (Å²) in [7, 11) is 5.57. The average molecular weight is 917 g/mol. The number of phenolic OH excluding ortho intramolecular Hbond substituents is 2. The van der Waals surface area contributed by atoms with Crippen LogP contribution in [0.3, 0.4) is 0 Å². The smallest absolute Gasteiger partial charge is 0.312 e. The first-order valence-electron chi connectivity index (χ1n) is 22.0. The molecule has 3 heterocycles. The molecular formula is C49H62N3O14+. The topological polar surface area (TPSA) is 233 Å². The molecule has 0 fully saturated rings. The van der Waals surface area contributed by atoms with Gasteiger partial charge in [-0.1, -0.05) is 39.0 Å². The highest BCUT2D eigenvalue weighted by Gasteiger charge is 2.50. The molecular weight excluding hydrogens is 855 g/mol. The number of methoxy groups -OCH3 is 1. The molecule has 17 nitrogen and oxygen atoms in total. The normalized spacial score (nSPS) is 27.4. The van der Waals surface area contributed by atoms with E-state index in [9.17, 15) is 39.6 Å². The van der Waals surface area contributed by atoms with Crippen molar-refractivity contribution in [2.45, 2.75) is 105 Å². The van der Waals surface area contributed by atoms with E-state index in [1.54, 1.807) is 32.9 Å². The van der Waals surface area contributed by atoms with Gasteiger partial charge >= 0.3 is 11.8 Å². The second kappa shape index (κ2) is 19.1. The molecule has 17 heteroatoms. The lowest BCUT2D eigenvalue weighted by Gasteiger charge is -2.35. The lowest BCUT2D eigenvalue weighted by atomic mass is 9.83. The predicted octanol–water partition coefficient (Wildman–Crippen LogP) is 6.27. The minimum absolute atomic E-state index is 0.0146. The van der Waals surface area contributed by atoms with Gasteiger partial charge in [-0.3, -0.25) is 19.2 Å². The first kappa shape index (κ1) is 49.4. The molecule has 66 heavy (non-hydrogen) atoms. The number of carbonyl (C=O) groups is 3. The molecule has 1 aliphatic carbocycles. The molecule has 356 valence electrons. The van der Waals surface area contributed by atoms with Crippen LogP contribution in [0.4, 0.5) is 5.69 Å². The zero-order valence-corrected chi connectivity index (χ0v) is 39.5. The third kappa shape index (κ3) is 9.47. The average Bonchev–Trinajstić information content (AvgIpc) is 3.51. The van der Waals surface area contributed by atoms with Gasteiger partial charge in [-0.15, -0.1) is 0 Å². The van der Waals surface area contributed by atoms with E-state index >= 15 is 0 Å². The minimum Gasteiger partial charge on any atom is -0.507 e. The molecule has 1 amide bonds. The summed E-state index contributed by atoms with van der Waals surface area (Å²) >= 11 is 0. The Labute approximate surface area is 383 Å². The van der Waals surface area contributed by atoms with Crippen molar-refractivity contribution in [2.24, 2.45) is 17.8 Å². The van der Waals surface area contributed by atoms with Gasteiger partial charge in [0.1, 0.15) is 59.2 Å². The van der Waals surface area contributed by atoms with Crippen LogP contribution in [-0.2, 0) is 23.8 Å². The summed E-state index contributed by atoms with van der Waals surface area (Å²) in [6, 6.07) is 3.17. The second-order valence-electron chi connectivity index (χ2n) is 18.5. The maximum Gasteiger partial charge on any atom is 0.312 e. The zero-order chi connectivity index (χ0) is 48.7. The summed E-state index contributed by atoms with van der Waals surface area (Å²) in [6.07, 6.45) is 3.37. The number of aliphatic hydroxyl groups excluding tert-OH is 2. The van der Waals surface area contributed by atoms with Gasteiger partial charge < -0.3 is 58.3 Å². The van der Waals surface area contributed by atoms with Crippen LogP contribution in [0.2, 0.25) is 0 Å². The number of ether oxygens (including phenoxy) is 5. The third-order valence-corrected chi connectivity index (χ3v) is 13.3. The van der Waals surface area contributed by atoms with E-state index in [4.69, 9.17) is 33.1 Å². The number of anilines is 1. The van der Waals surface area contributed by atoms with Gasteiger partial charge in [0.2, 0.25) is 5.43 Å². The minimum atomic E-state index is -2.09. The Bertz CT molecular complexity index is 2670. The van der Waals surface area contributed by atoms with E-state index in [0.717, 1.165) is 0 Å². The lowest BCUT2D eigenvalue weighted by Crippen LogP contribution is -2.48. The van der Waals surface area contributed by atoms with Crippen molar-refractivity contribution in [3.05, 3.63) is 69.6 Å². The van der Waals surface area contributed by atoms with Gasteiger partial charge in [-0.25, -0.2) is 4.98 Å². The van der Waals surface area contributed by atoms with Crippen molar-refractivity contribution < 1.29 is 67.4 Å². The molecule has 5 N–H and O–H groups in total. The van der Waals surface area contributed by atoms with Gasteiger partial charge in [-0.2, -0.15) is 0 Å². The highest BCUT2D eigenvalue weighted by molar-refractivity contribution is 6.22. The lowest BCUT2D eigenvalue weighted by molar-refractivity contribution is -0.911. The molecule has 0 unspecified atom stereocenters. The highest BCUT2D eigenvalue weighted by Crippen LogP contribution is 2.51. The van der Waals surface area contributed by atoms with Crippen LogP contribution >= 0.6 is 0 Å². The zero-order valence-electron chi connectivity index (χ0n) is 39.5. The molecule has 8 atom stereocenters. The molecule has 3 aliphatic heterocycles. The Balaban J connectivity index is 1.57. The summed E-state index contributed by atoms with van der Waals surface area (Å²) < 4.78 is 36.8. The number of likely N-dealkylation sites (N-methyl/N-ethyl adjacent to an activating group) is 1. The van der Waals surface area contributed by atoms with E-state index in [-0.39, 0.29) is 80.3 Å². The van der Waals surface area contributed by atoms with Gasteiger partial charge in [0.05, 0.1) is 55.7 Å². The first-order chi connectivity index (χ1) is 30.9. The second-order valence-corrected chi connectivity index (χ2v) is 18.5. The van der Waals surface area contributed by atoms with Crippen LogP contribution in [0.15, 0.2) is 57.5 Å². The Kier molecular flexibility index (Phi) is 14.3. The molecule has 2 aromatic rings. The van der Waals surface area contributed by atoms with Crippen molar-refractivity contribution >= 4 is 45.2 Å². The van der Waals surface area contributed by atoms with Gasteiger partial charge in [0.15, 0.2) is 11.3 Å². The summed E-state index contributed by atoms with van der Waals surface area (Å²) in [4.78, 5) is 60.5. The molecule has 2 aromatic carbocycles. The molecule has 0 saturated carbocycles. The van der Waals surface area contributed by atoms with Crippen LogP contribution in [-0.4, -0.2) is 118 Å². The number of allylic oxidation sites excluding steroid dienone is 2. The number of rotatable bonds is 7. The van der Waals surface area contributed by atoms with Crippen LogP contribution < -0.4 is 20.2 Å². The number of nitrogens with zero attached hydrogens (tertiary/aromatic N) is 2. The Hall–Kier alpha value is -6.01. The maximum atomic E-state index is 14.8. The van der Waals surface area contributed by atoms with Crippen LogP contribution in [0.1, 0.15) is 77.7 Å². The van der Waals surface area contributed by atoms with Crippen molar-refractivity contribution in [3.63, 3.8) is 0 Å². The number of hydrogen-bond acceptors (Lipinski definition) is 15. The molecule has 6 rings (SSSR count). The number of quaternary nitrogens is 1. The van der Waals surface area contributed by atoms with E-state index in [2.05, 4.69) is 33.3 Å². The van der Waals surface area contributed by atoms with Crippen molar-refractivity contribution in [1.82, 2.24) is 4.98 Å². The Morgan fingerprint density at radius 2 is 1.73 bits per heavy atom. The predicted molar refractivity (Wildman–Crippen MR) is 246 cm³/mol. The molecule has 0 saturated heterocycles. The van der Waals surface area contributed by atoms with Crippen LogP contribution in [0.5, 0.6) is 23.0 Å². The SMILES string of the molecule is CO[C@H]1/C=C/O[C@@]2(C)Oc3c(C)c(O)c4c(=O)c(c5oc6cc(OCC[N+](C)(C)C(C)C)cc(O)c6nc-5c4c3C2=O)NC(=O)/C(C)=C\C=C\[C@H](C)[C@H](O)C[C@@H](O)[C@@H](C)[C@H](OC(C)=O)[C@@H]1C. The number of nitrogens with one attached hydrogen (secondary N) is 1. The number of phenols is 2. The van der Waals surface area contributed by atoms with Crippen molar-refractivity contribution in [2.75, 3.05) is 39.7 Å². The Morgan fingerprint density at radius 1 is 1.03 bits per heavy atom. The Morgan fingerprint density at radius 3 is 2.38 bits per heavy atom. The van der Waals surface area contributed by atoms with Crippen molar-refractivity contribution in [1.29, 1.82) is 0 Å². The van der Waals surface area contributed by atoms with E-state index < -0.39 is 82.5 Å². The van der Waals surface area contributed by atoms with Gasteiger partial charge in [0, 0.05) is 73.8 Å². The highest BCUT2D eigenvalue weighted by atomic mass is 16.7. The fourth-order valence-electron chi connectivity index (χ4n) is 8.16. The quantitative estimate of drug-likeness (QED) is 0.0595. The summed E-state index contributed by atoms with van der Waals surface area (Å²) in [5, 5.41) is 47.8. The van der Waals surface area contributed by atoms with Crippen LogP contribution in [0.25, 0.3) is 33.3 Å². The number of fused-ring (bicyclic) bond motifs is 2. The molecule has 4 aliphatic rings. The van der Waals surface area contributed by atoms with Crippen LogP contribution in [0, 0.1) is 24.7 Å². The molecule has 4 bridgehead atoms. The first-order valence-corrected chi connectivity index (χ1v) is 22.0. The number of ketones is 1. The fourth-order valence-corrected chi connectivity index (χ4v) is 8.16. The fraction of sp³-hybridized carbons (Fsp3) is 0.490. The number of Topliss-reactive ketones (excluding diaryl/α,β-unsaturated/α-hetero) is 1. The summed E-state index contributed by atoms with van der Waals surface area (Å²) in [5.41, 5.74) is -1.63. The number of esters is 1. The van der Waals surface area contributed by atoms with E-state index in [1.165, 1.54) is 65.4 Å². The summed E-state index contributed by atoms with van der Waals surface area (Å²) in [6.45, 7) is 15.9. The molecule has 0 aromatic heterocycles. The third-order valence-electron chi connectivity index (χ3n) is 13.3. The number of amides is 1. The molecule has 0 spiro atoms. The number of aromatic nitrogens is 1. The number of aliphatic hydroxyl groups is 2. The molecule has 0 radical (unpaired) electrons. The number of aromatic hydroxyl groups is 2. The number of carbonyl (C=O) groups excluding carboxylic acids is 3. The van der Waals surface area contributed by atoms with E-state index in [0.29, 0.717) is 17.1 Å². The van der Waals surface area contributed by atoms with Gasteiger partial charge in [-0.05, 0) is 33.8 Å². The van der Waals surface area contributed by atoms with E-state index in [1.807, 2.05) is 0 Å². The summed E-state index contributed by atoms with van der Waals surface area (Å²) in [5.74, 6) is -7.06. The van der Waals surface area contributed by atoms with Crippen molar-refractivity contribution in [3.8, 4) is 34.5 Å². The maximum absolute atomic E-state index is 14.8. The van der Waals surface area contributed by atoms with Gasteiger partial charge in [0.25, 0.3) is 11.7 Å². The monoisotopic (exact) mass is 916 g/mol. The standard InChI is InChI=1S/C49H61N3O14/c1-23(2)52(10,11)17-19-62-30-20-33(56)39-35(21-30)65-46-40(50-39)36-37-42(57)28(7)45-38(36)47(59)49(9,66-45)63-18-16-34(61-12)27(6)44(64-29(8)53)26(5)32(55)22-31(54)24(3)14-13-15-25(4)48(60)51-41(46)43(37)58/h13-16,18,20-21,23-24,26-27,31-32,34,44,54-55H,17,19,22H2,1-12H3,(H2-,50,51,56,57,58,59,60)/p+1/b14-13+,18-16+,25-15-/t24-,26+,27+,31+,32+,34-,44-,49-/m0/s1. The number of hydrogen-bond donors (Lipinski definition) is 5. The largest absolute Gasteiger partial charge is 0.507 e. The number of benzene rings is 3.